The third-order valence-electron chi connectivity index (χ3n) is 2.01. The molecule has 0 unspecified atom stereocenters. The molecule has 0 rings (SSSR count). The van der Waals surface area contributed by atoms with Crippen LogP contribution in [0.2, 0.25) is 0 Å². The molecule has 0 saturated carbocycles. The van der Waals surface area contributed by atoms with Gasteiger partial charge in [0.1, 0.15) is 5.60 Å². The molecule has 15 heavy (non-hydrogen) atoms. The lowest BCUT2D eigenvalue weighted by atomic mass is 10.2. The molecule has 0 aliphatic carbocycles. The summed E-state index contributed by atoms with van der Waals surface area (Å²) in [5.74, 6) is -0.106. The first-order chi connectivity index (χ1) is 6.85. The first-order valence-electron chi connectivity index (χ1n) is 5.75. The fraction of sp³-hybridized carbons (Fsp3) is 0.917. The third kappa shape index (κ3) is 9.73. The number of unbranched alkanes of at least 4 members (excludes halogenated alkanes) is 1. The van der Waals surface area contributed by atoms with Crippen LogP contribution in [0.4, 0.5) is 0 Å². The van der Waals surface area contributed by atoms with Crippen LogP contribution in [0, 0.1) is 0 Å². The Bertz CT molecular complexity index is 185. The molecule has 3 heteroatoms. The standard InChI is InChI=1S/C12H25NO2/c1-6-7-9-13(5)10-8-11(14)15-12(2,3)4/h6-10H2,1-5H3. The molecule has 0 aliphatic rings. The Morgan fingerprint density at radius 2 is 1.87 bits per heavy atom. The van der Waals surface area contributed by atoms with E-state index in [1.54, 1.807) is 0 Å². The number of hydrogen-bond acceptors (Lipinski definition) is 3. The number of esters is 1. The van der Waals surface area contributed by atoms with Gasteiger partial charge in [0.25, 0.3) is 0 Å². The van der Waals surface area contributed by atoms with Crippen LogP contribution < -0.4 is 0 Å². The highest BCUT2D eigenvalue weighted by molar-refractivity contribution is 5.70. The maximum atomic E-state index is 11.4. The Balaban J connectivity index is 3.62. The van der Waals surface area contributed by atoms with E-state index in [0.29, 0.717) is 6.42 Å². The van der Waals surface area contributed by atoms with E-state index in [9.17, 15) is 4.79 Å². The van der Waals surface area contributed by atoms with E-state index in [-0.39, 0.29) is 11.6 Å². The normalized spacial score (nSPS) is 11.9. The first-order valence-corrected chi connectivity index (χ1v) is 5.75. The van der Waals surface area contributed by atoms with Crippen LogP contribution in [0.25, 0.3) is 0 Å². The van der Waals surface area contributed by atoms with Crippen molar-refractivity contribution in [3.8, 4) is 0 Å². The van der Waals surface area contributed by atoms with Gasteiger partial charge in [0.05, 0.1) is 6.42 Å². The number of ether oxygens (including phenoxy) is 1. The molecule has 0 atom stereocenters. The third-order valence-corrected chi connectivity index (χ3v) is 2.01. The monoisotopic (exact) mass is 215 g/mol. The number of carbonyl (C=O) groups excluding carboxylic acids is 1. The zero-order valence-corrected chi connectivity index (χ0v) is 10.8. The van der Waals surface area contributed by atoms with E-state index in [4.69, 9.17) is 4.74 Å². The Kier molecular flexibility index (Phi) is 6.57. The number of carbonyl (C=O) groups is 1. The highest BCUT2D eigenvalue weighted by Crippen LogP contribution is 2.08. The van der Waals surface area contributed by atoms with E-state index < -0.39 is 0 Å². The van der Waals surface area contributed by atoms with Crippen LogP contribution in [0.5, 0.6) is 0 Å². The van der Waals surface area contributed by atoms with Crippen molar-refractivity contribution >= 4 is 5.97 Å². The summed E-state index contributed by atoms with van der Waals surface area (Å²) in [5, 5.41) is 0. The van der Waals surface area contributed by atoms with Crippen molar-refractivity contribution in [3.05, 3.63) is 0 Å². The number of rotatable bonds is 6. The largest absolute Gasteiger partial charge is 0.460 e. The summed E-state index contributed by atoms with van der Waals surface area (Å²) in [6.45, 7) is 9.69. The molecule has 0 aromatic rings. The van der Waals surface area contributed by atoms with Gasteiger partial charge in [0.15, 0.2) is 0 Å². The summed E-state index contributed by atoms with van der Waals surface area (Å²) in [6.07, 6.45) is 2.86. The maximum absolute atomic E-state index is 11.4. The van der Waals surface area contributed by atoms with E-state index in [1.807, 2.05) is 27.8 Å². The minimum atomic E-state index is -0.362. The predicted octanol–water partition coefficient (Wildman–Crippen LogP) is 2.45. The van der Waals surface area contributed by atoms with Crippen molar-refractivity contribution < 1.29 is 9.53 Å². The van der Waals surface area contributed by atoms with Crippen LogP contribution in [-0.2, 0) is 9.53 Å². The van der Waals surface area contributed by atoms with E-state index in [0.717, 1.165) is 13.1 Å². The summed E-state index contributed by atoms with van der Waals surface area (Å²) in [6, 6.07) is 0. The quantitative estimate of drug-likeness (QED) is 0.637. The van der Waals surface area contributed by atoms with Crippen LogP contribution in [-0.4, -0.2) is 36.6 Å². The predicted molar refractivity (Wildman–Crippen MR) is 62.9 cm³/mol. The van der Waals surface area contributed by atoms with Crippen molar-refractivity contribution in [1.82, 2.24) is 4.90 Å². The second kappa shape index (κ2) is 6.83. The van der Waals surface area contributed by atoms with Gasteiger partial charge in [0, 0.05) is 6.54 Å². The summed E-state index contributed by atoms with van der Waals surface area (Å²) in [4.78, 5) is 13.6. The lowest BCUT2D eigenvalue weighted by Gasteiger charge is -2.21. The van der Waals surface area contributed by atoms with Crippen molar-refractivity contribution in [3.63, 3.8) is 0 Å². The van der Waals surface area contributed by atoms with E-state index in [2.05, 4.69) is 11.8 Å². The lowest BCUT2D eigenvalue weighted by Crippen LogP contribution is -2.28. The van der Waals surface area contributed by atoms with Crippen LogP contribution >= 0.6 is 0 Å². The molecule has 0 N–H and O–H groups in total. The molecule has 0 bridgehead atoms. The molecule has 3 nitrogen and oxygen atoms in total. The van der Waals surface area contributed by atoms with Gasteiger partial charge in [-0.05, 0) is 40.8 Å². The van der Waals surface area contributed by atoms with Gasteiger partial charge < -0.3 is 9.64 Å². The minimum Gasteiger partial charge on any atom is -0.460 e. The molecule has 0 saturated heterocycles. The highest BCUT2D eigenvalue weighted by atomic mass is 16.6. The Hall–Kier alpha value is -0.570. The Morgan fingerprint density at radius 1 is 1.27 bits per heavy atom. The fourth-order valence-corrected chi connectivity index (χ4v) is 1.21. The van der Waals surface area contributed by atoms with Crippen molar-refractivity contribution in [2.75, 3.05) is 20.1 Å². The second-order valence-electron chi connectivity index (χ2n) is 4.99. The molecule has 0 heterocycles. The van der Waals surface area contributed by atoms with Gasteiger partial charge in [-0.15, -0.1) is 0 Å². The van der Waals surface area contributed by atoms with Gasteiger partial charge in [-0.25, -0.2) is 0 Å². The van der Waals surface area contributed by atoms with Gasteiger partial charge in [0.2, 0.25) is 0 Å². The summed E-state index contributed by atoms with van der Waals surface area (Å²) >= 11 is 0. The summed E-state index contributed by atoms with van der Waals surface area (Å²) < 4.78 is 5.23. The van der Waals surface area contributed by atoms with Gasteiger partial charge in [-0.1, -0.05) is 13.3 Å². The molecule has 0 amide bonds. The van der Waals surface area contributed by atoms with Crippen LogP contribution in [0.15, 0.2) is 0 Å². The zero-order valence-electron chi connectivity index (χ0n) is 10.8. The van der Waals surface area contributed by atoms with Crippen LogP contribution in [0.1, 0.15) is 47.0 Å². The minimum absolute atomic E-state index is 0.106. The molecular weight excluding hydrogens is 190 g/mol. The first kappa shape index (κ1) is 14.4. The summed E-state index contributed by atoms with van der Waals surface area (Å²) in [5.41, 5.74) is -0.362. The molecule has 0 spiro atoms. The van der Waals surface area contributed by atoms with Gasteiger partial charge >= 0.3 is 5.97 Å². The van der Waals surface area contributed by atoms with Gasteiger partial charge in [-0.3, -0.25) is 4.79 Å². The van der Waals surface area contributed by atoms with Gasteiger partial charge in [-0.2, -0.15) is 0 Å². The van der Waals surface area contributed by atoms with Crippen LogP contribution in [0.3, 0.4) is 0 Å². The average Bonchev–Trinajstić information content (AvgIpc) is 2.08. The highest BCUT2D eigenvalue weighted by Gasteiger charge is 2.16. The lowest BCUT2D eigenvalue weighted by molar-refractivity contribution is -0.155. The molecular formula is C12H25NO2. The van der Waals surface area contributed by atoms with Crippen molar-refractivity contribution in [1.29, 1.82) is 0 Å². The molecule has 0 aromatic heterocycles. The van der Waals surface area contributed by atoms with E-state index in [1.165, 1.54) is 12.8 Å². The van der Waals surface area contributed by atoms with E-state index >= 15 is 0 Å². The molecule has 90 valence electrons. The molecule has 0 aliphatic heterocycles. The average molecular weight is 215 g/mol. The van der Waals surface area contributed by atoms with Crippen molar-refractivity contribution in [2.24, 2.45) is 0 Å². The maximum Gasteiger partial charge on any atom is 0.307 e. The Morgan fingerprint density at radius 3 is 2.33 bits per heavy atom. The van der Waals surface area contributed by atoms with Crippen molar-refractivity contribution in [2.45, 2.75) is 52.6 Å². The molecule has 0 radical (unpaired) electrons. The SMILES string of the molecule is CCCCN(C)CCC(=O)OC(C)(C)C. The molecule has 0 aromatic carbocycles. The smallest absolute Gasteiger partial charge is 0.307 e. The number of hydrogen-bond donors (Lipinski definition) is 0. The second-order valence-corrected chi connectivity index (χ2v) is 4.99. The summed E-state index contributed by atoms with van der Waals surface area (Å²) in [7, 11) is 2.04. The zero-order chi connectivity index (χ0) is 11.9. The topological polar surface area (TPSA) is 29.5 Å². The number of nitrogens with zero attached hydrogens (tertiary/aromatic N) is 1. The Labute approximate surface area is 93.8 Å². The fourth-order valence-electron chi connectivity index (χ4n) is 1.21. The molecule has 0 fully saturated rings.